The highest BCUT2D eigenvalue weighted by molar-refractivity contribution is 5.79. The first-order chi connectivity index (χ1) is 12.5. The molecule has 0 aromatic rings. The molecule has 0 spiro atoms. The number of primary amides is 1. The standard InChI is InChI=1S/C19H31N3O4/c20-18(25)16-5-2-8-21(16)9-7-15-12-22(19(26)13-3-1-4-13)10-6-14(15)11-17(23)24/h13-16H,1-12H2,(H2,20,25)(H,23,24)/t14-,15-,16-/m0/s1. The van der Waals surface area contributed by atoms with Gasteiger partial charge >= 0.3 is 0 Å². The molecule has 0 aromatic carbocycles. The van der Waals surface area contributed by atoms with E-state index in [4.69, 9.17) is 5.73 Å². The predicted molar refractivity (Wildman–Crippen MR) is 92.7 cm³/mol. The van der Waals surface area contributed by atoms with Gasteiger partial charge < -0.3 is 25.4 Å². The number of aliphatic carboxylic acids is 1. The second-order valence-electron chi connectivity index (χ2n) is 8.34. The molecule has 7 nitrogen and oxygen atoms in total. The fraction of sp³-hybridized carbons (Fsp3) is 0.842. The minimum Gasteiger partial charge on any atom is -0.550 e. The number of hydrogen-bond donors (Lipinski definition) is 2. The van der Waals surface area contributed by atoms with Crippen molar-refractivity contribution in [1.29, 1.82) is 0 Å². The lowest BCUT2D eigenvalue weighted by molar-refractivity contribution is -0.903. The number of amides is 2. The Kier molecular flexibility index (Phi) is 6.16. The van der Waals surface area contributed by atoms with Gasteiger partial charge in [-0.05, 0) is 37.5 Å². The Balaban J connectivity index is 1.59. The molecule has 2 saturated heterocycles. The summed E-state index contributed by atoms with van der Waals surface area (Å²) in [6, 6.07) is -0.120. The first-order valence-electron chi connectivity index (χ1n) is 10.1. The molecule has 3 N–H and O–H groups in total. The summed E-state index contributed by atoms with van der Waals surface area (Å²) in [5, 5.41) is 11.1. The van der Waals surface area contributed by atoms with Crippen molar-refractivity contribution in [2.24, 2.45) is 23.5 Å². The Labute approximate surface area is 154 Å². The highest BCUT2D eigenvalue weighted by Gasteiger charge is 2.38. The van der Waals surface area contributed by atoms with Crippen LogP contribution in [0.25, 0.3) is 0 Å². The molecular formula is C19H31N3O4. The van der Waals surface area contributed by atoms with Crippen molar-refractivity contribution in [2.45, 2.75) is 57.4 Å². The van der Waals surface area contributed by atoms with E-state index in [0.717, 1.165) is 58.0 Å². The van der Waals surface area contributed by atoms with E-state index in [1.807, 2.05) is 4.90 Å². The molecule has 3 rings (SSSR count). The van der Waals surface area contributed by atoms with Gasteiger partial charge in [0.2, 0.25) is 5.91 Å². The lowest BCUT2D eigenvalue weighted by Crippen LogP contribution is -3.15. The number of nitrogens with zero attached hydrogens (tertiary/aromatic N) is 1. The first kappa shape index (κ1) is 19.1. The van der Waals surface area contributed by atoms with Crippen LogP contribution in [-0.2, 0) is 14.4 Å². The van der Waals surface area contributed by atoms with Gasteiger partial charge in [-0.1, -0.05) is 6.42 Å². The summed E-state index contributed by atoms with van der Waals surface area (Å²) in [6.07, 6.45) is 6.56. The summed E-state index contributed by atoms with van der Waals surface area (Å²) in [6.45, 7) is 3.05. The zero-order valence-electron chi connectivity index (χ0n) is 15.5. The maximum Gasteiger partial charge on any atom is 0.275 e. The Bertz CT molecular complexity index is 549. The van der Waals surface area contributed by atoms with Gasteiger partial charge in [-0.3, -0.25) is 9.59 Å². The van der Waals surface area contributed by atoms with Crippen molar-refractivity contribution in [2.75, 3.05) is 26.2 Å². The zero-order chi connectivity index (χ0) is 18.7. The minimum atomic E-state index is -1.01. The summed E-state index contributed by atoms with van der Waals surface area (Å²) in [7, 11) is 0. The van der Waals surface area contributed by atoms with E-state index in [1.54, 1.807) is 0 Å². The van der Waals surface area contributed by atoms with Crippen LogP contribution in [0.3, 0.4) is 0 Å². The Morgan fingerprint density at radius 1 is 1.08 bits per heavy atom. The number of nitrogens with one attached hydrogen (secondary N) is 1. The topological polar surface area (TPSA) is 108 Å². The van der Waals surface area contributed by atoms with Gasteiger partial charge in [-0.2, -0.15) is 0 Å². The number of likely N-dealkylation sites (tertiary alicyclic amines) is 2. The molecule has 3 aliphatic rings. The van der Waals surface area contributed by atoms with E-state index >= 15 is 0 Å². The molecule has 0 bridgehead atoms. The van der Waals surface area contributed by atoms with E-state index in [0.29, 0.717) is 13.1 Å². The lowest BCUT2D eigenvalue weighted by Gasteiger charge is -2.41. The van der Waals surface area contributed by atoms with Crippen LogP contribution < -0.4 is 15.7 Å². The molecule has 146 valence electrons. The molecule has 7 heteroatoms. The number of carbonyl (C=O) groups is 3. The number of hydrogen-bond acceptors (Lipinski definition) is 4. The van der Waals surface area contributed by atoms with Crippen LogP contribution in [0.2, 0.25) is 0 Å². The average Bonchev–Trinajstić information content (AvgIpc) is 3.00. The van der Waals surface area contributed by atoms with Crippen molar-refractivity contribution in [3.05, 3.63) is 0 Å². The number of piperidine rings is 1. The van der Waals surface area contributed by atoms with Crippen LogP contribution in [0.1, 0.15) is 51.4 Å². The largest absolute Gasteiger partial charge is 0.550 e. The van der Waals surface area contributed by atoms with E-state index < -0.39 is 5.97 Å². The molecule has 2 aliphatic heterocycles. The van der Waals surface area contributed by atoms with Crippen molar-refractivity contribution >= 4 is 17.8 Å². The molecule has 1 unspecified atom stereocenters. The Morgan fingerprint density at radius 3 is 2.46 bits per heavy atom. The first-order valence-corrected chi connectivity index (χ1v) is 10.1. The monoisotopic (exact) mass is 365 g/mol. The SMILES string of the molecule is NC(=O)[C@@H]1CCC[NH+]1CC[C@H]1CN(C(=O)C2CCC2)CC[C@H]1CC(=O)[O-]. The number of rotatable bonds is 7. The van der Waals surface area contributed by atoms with Crippen LogP contribution in [-0.4, -0.2) is 54.9 Å². The molecule has 1 aliphatic carbocycles. The normalized spacial score (nSPS) is 32.2. The second kappa shape index (κ2) is 8.37. The summed E-state index contributed by atoms with van der Waals surface area (Å²) < 4.78 is 0. The van der Waals surface area contributed by atoms with Crippen LogP contribution >= 0.6 is 0 Å². The predicted octanol–water partition coefficient (Wildman–Crippen LogP) is -1.69. The number of carbonyl (C=O) groups excluding carboxylic acids is 3. The third-order valence-corrected chi connectivity index (χ3v) is 6.75. The lowest BCUT2D eigenvalue weighted by atomic mass is 9.79. The fourth-order valence-electron chi connectivity index (χ4n) is 4.93. The van der Waals surface area contributed by atoms with Crippen LogP contribution in [0, 0.1) is 17.8 Å². The van der Waals surface area contributed by atoms with Crippen molar-refractivity contribution < 1.29 is 24.4 Å². The second-order valence-corrected chi connectivity index (χ2v) is 8.34. The maximum atomic E-state index is 12.6. The van der Waals surface area contributed by atoms with Gasteiger partial charge in [0.05, 0.1) is 13.1 Å². The summed E-state index contributed by atoms with van der Waals surface area (Å²) in [5.41, 5.74) is 5.51. The number of quaternary nitrogens is 1. The number of carboxylic acids is 1. The van der Waals surface area contributed by atoms with E-state index in [2.05, 4.69) is 0 Å². The molecule has 4 atom stereocenters. The van der Waals surface area contributed by atoms with Gasteiger partial charge in [0.25, 0.3) is 5.91 Å². The van der Waals surface area contributed by atoms with E-state index in [9.17, 15) is 19.5 Å². The van der Waals surface area contributed by atoms with Crippen molar-refractivity contribution in [3.8, 4) is 0 Å². The van der Waals surface area contributed by atoms with Gasteiger partial charge in [0.15, 0.2) is 6.04 Å². The smallest absolute Gasteiger partial charge is 0.275 e. The van der Waals surface area contributed by atoms with Crippen molar-refractivity contribution in [1.82, 2.24) is 4.90 Å². The van der Waals surface area contributed by atoms with Gasteiger partial charge in [-0.15, -0.1) is 0 Å². The van der Waals surface area contributed by atoms with Crippen molar-refractivity contribution in [3.63, 3.8) is 0 Å². The van der Waals surface area contributed by atoms with Gasteiger partial charge in [-0.25, -0.2) is 0 Å². The van der Waals surface area contributed by atoms with E-state index in [-0.39, 0.29) is 42.0 Å². The number of carboxylic acid groups (broad SMARTS) is 1. The molecule has 1 saturated carbocycles. The highest BCUT2D eigenvalue weighted by Crippen LogP contribution is 2.33. The summed E-state index contributed by atoms with van der Waals surface area (Å²) in [5.74, 6) is -0.614. The quantitative estimate of drug-likeness (QED) is 0.561. The Morgan fingerprint density at radius 2 is 1.85 bits per heavy atom. The highest BCUT2D eigenvalue weighted by atomic mass is 16.4. The molecular weight excluding hydrogens is 334 g/mol. The molecule has 2 amide bonds. The molecule has 3 fully saturated rings. The molecule has 0 aromatic heterocycles. The van der Waals surface area contributed by atoms with Crippen LogP contribution in [0.5, 0.6) is 0 Å². The summed E-state index contributed by atoms with van der Waals surface area (Å²) in [4.78, 5) is 38.5. The van der Waals surface area contributed by atoms with Crippen LogP contribution in [0.15, 0.2) is 0 Å². The summed E-state index contributed by atoms with van der Waals surface area (Å²) >= 11 is 0. The average molecular weight is 365 g/mol. The van der Waals surface area contributed by atoms with E-state index in [1.165, 1.54) is 4.90 Å². The molecule has 0 radical (unpaired) electrons. The van der Waals surface area contributed by atoms with Gasteiger partial charge in [0.1, 0.15) is 0 Å². The zero-order valence-corrected chi connectivity index (χ0v) is 15.5. The Hall–Kier alpha value is -1.63. The molecule has 26 heavy (non-hydrogen) atoms. The van der Waals surface area contributed by atoms with Crippen LogP contribution in [0.4, 0.5) is 0 Å². The third-order valence-electron chi connectivity index (χ3n) is 6.75. The maximum absolute atomic E-state index is 12.6. The minimum absolute atomic E-state index is 0.0551. The molecule has 2 heterocycles. The fourth-order valence-corrected chi connectivity index (χ4v) is 4.93. The third kappa shape index (κ3) is 4.37. The number of nitrogens with two attached hydrogens (primary N) is 1. The van der Waals surface area contributed by atoms with Gasteiger partial charge in [0, 0.05) is 44.2 Å².